The van der Waals surface area contributed by atoms with Gasteiger partial charge in [0, 0.05) is 0 Å². The van der Waals surface area contributed by atoms with Crippen LogP contribution in [-0.2, 0) is 4.79 Å². The molecule has 26 heavy (non-hydrogen) atoms. The Morgan fingerprint density at radius 2 is 1.58 bits per heavy atom. The maximum Gasteiger partial charge on any atom is 0.303 e. The van der Waals surface area contributed by atoms with Crippen LogP contribution in [0.5, 0.6) is 0 Å². The van der Waals surface area contributed by atoms with Gasteiger partial charge in [0.25, 0.3) is 0 Å². The molecule has 0 aliphatic heterocycles. The predicted octanol–water partition coefficient (Wildman–Crippen LogP) is 4.79. The molecule has 0 aliphatic rings. The van der Waals surface area contributed by atoms with Crippen LogP contribution in [0.3, 0.4) is 0 Å². The standard InChI is InChI=1S/C22H36O4/c1-4-5-6-7-8-11-14-19(23)15-12-9-10-13-16-20(24)17-22(2,3)18-21(25)26/h8-13,15-16,19-20,23-24H,4-7,14,17-18H2,1-3H3,(H,25,26)/b10-9+,11-8-,15-12+,16-13-/t19-,20-/m1/s1. The summed E-state index contributed by atoms with van der Waals surface area (Å²) in [5.74, 6) is -0.856. The molecule has 4 heteroatoms. The Hall–Kier alpha value is -1.65. The maximum atomic E-state index is 10.8. The van der Waals surface area contributed by atoms with Crippen molar-refractivity contribution in [1.82, 2.24) is 0 Å². The van der Waals surface area contributed by atoms with Crippen LogP contribution in [0.1, 0.15) is 65.7 Å². The molecule has 3 N–H and O–H groups in total. The van der Waals surface area contributed by atoms with Gasteiger partial charge in [-0.25, -0.2) is 0 Å². The highest BCUT2D eigenvalue weighted by Gasteiger charge is 2.24. The Balaban J connectivity index is 4.07. The van der Waals surface area contributed by atoms with Gasteiger partial charge >= 0.3 is 5.97 Å². The quantitative estimate of drug-likeness (QED) is 0.235. The van der Waals surface area contributed by atoms with Crippen LogP contribution in [0.2, 0.25) is 0 Å². The summed E-state index contributed by atoms with van der Waals surface area (Å²) in [6.07, 6.45) is 19.2. The molecular weight excluding hydrogens is 328 g/mol. The van der Waals surface area contributed by atoms with E-state index in [1.807, 2.05) is 19.9 Å². The molecule has 0 spiro atoms. The van der Waals surface area contributed by atoms with Crippen molar-refractivity contribution in [2.45, 2.75) is 77.9 Å². The van der Waals surface area contributed by atoms with Gasteiger partial charge in [-0.15, -0.1) is 0 Å². The number of carboxylic acids is 1. The summed E-state index contributed by atoms with van der Waals surface area (Å²) < 4.78 is 0. The first-order valence-electron chi connectivity index (χ1n) is 9.51. The normalized spacial score (nSPS) is 15.6. The van der Waals surface area contributed by atoms with Crippen LogP contribution in [0.4, 0.5) is 0 Å². The van der Waals surface area contributed by atoms with Gasteiger partial charge in [-0.05, 0) is 31.1 Å². The zero-order chi connectivity index (χ0) is 19.8. The van der Waals surface area contributed by atoms with Crippen LogP contribution < -0.4 is 0 Å². The van der Waals surface area contributed by atoms with E-state index in [0.29, 0.717) is 12.8 Å². The summed E-state index contributed by atoms with van der Waals surface area (Å²) in [4.78, 5) is 10.8. The lowest BCUT2D eigenvalue weighted by Crippen LogP contribution is -2.22. The molecule has 0 aromatic rings. The summed E-state index contributed by atoms with van der Waals surface area (Å²) >= 11 is 0. The van der Waals surface area contributed by atoms with Gasteiger partial charge < -0.3 is 15.3 Å². The molecule has 0 radical (unpaired) electrons. The van der Waals surface area contributed by atoms with Gasteiger partial charge in [-0.1, -0.05) is 82.2 Å². The minimum atomic E-state index is -0.856. The molecule has 0 bridgehead atoms. The number of allylic oxidation sites excluding steroid dienone is 5. The van der Waals surface area contributed by atoms with Crippen LogP contribution >= 0.6 is 0 Å². The third kappa shape index (κ3) is 15.9. The topological polar surface area (TPSA) is 77.8 Å². The van der Waals surface area contributed by atoms with E-state index in [1.165, 1.54) is 19.3 Å². The second-order valence-electron chi connectivity index (χ2n) is 7.43. The molecule has 0 aromatic heterocycles. The number of aliphatic hydroxyl groups excluding tert-OH is 2. The van der Waals surface area contributed by atoms with E-state index in [2.05, 4.69) is 13.0 Å². The highest BCUT2D eigenvalue weighted by molar-refractivity contribution is 5.67. The largest absolute Gasteiger partial charge is 0.481 e. The van der Waals surface area contributed by atoms with E-state index in [1.54, 1.807) is 36.5 Å². The van der Waals surface area contributed by atoms with Crippen molar-refractivity contribution in [3.8, 4) is 0 Å². The summed E-state index contributed by atoms with van der Waals surface area (Å²) in [7, 11) is 0. The van der Waals surface area contributed by atoms with Crippen LogP contribution in [0.15, 0.2) is 48.6 Å². The van der Waals surface area contributed by atoms with E-state index in [0.717, 1.165) is 6.42 Å². The van der Waals surface area contributed by atoms with Crippen molar-refractivity contribution in [3.05, 3.63) is 48.6 Å². The SMILES string of the molecule is CCCCC/C=C\C[C@@H](O)/C=C/C=C/C=C\[C@@H](O)CC(C)(C)CC(=O)O. The molecule has 0 aliphatic carbocycles. The first kappa shape index (κ1) is 24.4. The minimum Gasteiger partial charge on any atom is -0.481 e. The highest BCUT2D eigenvalue weighted by Crippen LogP contribution is 2.27. The maximum absolute atomic E-state index is 10.8. The van der Waals surface area contributed by atoms with E-state index in [-0.39, 0.29) is 6.42 Å². The number of aliphatic hydroxyl groups is 2. The van der Waals surface area contributed by atoms with Gasteiger partial charge in [0.05, 0.1) is 18.6 Å². The van der Waals surface area contributed by atoms with Crippen molar-refractivity contribution in [3.63, 3.8) is 0 Å². The minimum absolute atomic E-state index is 0.0292. The number of hydrogen-bond acceptors (Lipinski definition) is 3. The summed E-state index contributed by atoms with van der Waals surface area (Å²) in [6.45, 7) is 5.84. The zero-order valence-corrected chi connectivity index (χ0v) is 16.5. The van der Waals surface area contributed by atoms with E-state index in [4.69, 9.17) is 5.11 Å². The average molecular weight is 365 g/mol. The molecule has 0 saturated heterocycles. The predicted molar refractivity (Wildman–Crippen MR) is 108 cm³/mol. The molecule has 0 aromatic carbocycles. The number of carbonyl (C=O) groups is 1. The molecule has 0 heterocycles. The highest BCUT2D eigenvalue weighted by atomic mass is 16.4. The third-order valence-corrected chi connectivity index (χ3v) is 3.91. The smallest absolute Gasteiger partial charge is 0.303 e. The number of hydrogen-bond donors (Lipinski definition) is 3. The zero-order valence-electron chi connectivity index (χ0n) is 16.5. The van der Waals surface area contributed by atoms with Crippen LogP contribution in [-0.4, -0.2) is 33.5 Å². The summed E-state index contributed by atoms with van der Waals surface area (Å²) in [5.41, 5.74) is -0.451. The molecule has 0 amide bonds. The molecule has 148 valence electrons. The average Bonchev–Trinajstić information content (AvgIpc) is 2.52. The van der Waals surface area contributed by atoms with E-state index >= 15 is 0 Å². The Labute approximate surface area is 158 Å². The summed E-state index contributed by atoms with van der Waals surface area (Å²) in [6, 6.07) is 0. The van der Waals surface area contributed by atoms with Crippen molar-refractivity contribution < 1.29 is 20.1 Å². The van der Waals surface area contributed by atoms with Gasteiger partial charge in [-0.2, -0.15) is 0 Å². The van der Waals surface area contributed by atoms with Crippen LogP contribution in [0, 0.1) is 5.41 Å². The number of rotatable bonds is 14. The fourth-order valence-electron chi connectivity index (χ4n) is 2.57. The van der Waals surface area contributed by atoms with E-state index in [9.17, 15) is 15.0 Å². The van der Waals surface area contributed by atoms with Gasteiger partial charge in [0.15, 0.2) is 0 Å². The van der Waals surface area contributed by atoms with Crippen molar-refractivity contribution in [1.29, 1.82) is 0 Å². The molecule has 0 fully saturated rings. The molecule has 0 saturated carbocycles. The van der Waals surface area contributed by atoms with Crippen molar-refractivity contribution in [2.24, 2.45) is 5.41 Å². The Morgan fingerprint density at radius 3 is 2.15 bits per heavy atom. The van der Waals surface area contributed by atoms with Gasteiger partial charge in [0.1, 0.15) is 0 Å². The Bertz CT molecular complexity index is 486. The Kier molecular flexibility index (Phi) is 13.6. The van der Waals surface area contributed by atoms with E-state index < -0.39 is 23.6 Å². The van der Waals surface area contributed by atoms with Crippen molar-refractivity contribution >= 4 is 5.97 Å². The number of unbranched alkanes of at least 4 members (excludes halogenated alkanes) is 3. The first-order chi connectivity index (χ1) is 12.3. The number of carboxylic acid groups (broad SMARTS) is 1. The lowest BCUT2D eigenvalue weighted by molar-refractivity contribution is -0.139. The molecule has 0 rings (SSSR count). The second-order valence-corrected chi connectivity index (χ2v) is 7.43. The lowest BCUT2D eigenvalue weighted by Gasteiger charge is -2.23. The fraction of sp³-hybridized carbons (Fsp3) is 0.591. The molecular formula is C22H36O4. The van der Waals surface area contributed by atoms with Crippen LogP contribution in [0.25, 0.3) is 0 Å². The van der Waals surface area contributed by atoms with Gasteiger partial charge in [-0.3, -0.25) is 4.79 Å². The van der Waals surface area contributed by atoms with Gasteiger partial charge in [0.2, 0.25) is 0 Å². The molecule has 0 unspecified atom stereocenters. The third-order valence-electron chi connectivity index (χ3n) is 3.91. The monoisotopic (exact) mass is 364 g/mol. The lowest BCUT2D eigenvalue weighted by atomic mass is 9.83. The Morgan fingerprint density at radius 1 is 0.962 bits per heavy atom. The van der Waals surface area contributed by atoms with Crippen molar-refractivity contribution in [2.75, 3.05) is 0 Å². The molecule has 4 nitrogen and oxygen atoms in total. The second kappa shape index (κ2) is 14.5. The first-order valence-corrected chi connectivity index (χ1v) is 9.51. The summed E-state index contributed by atoms with van der Waals surface area (Å²) in [5, 5.41) is 28.6. The fourth-order valence-corrected chi connectivity index (χ4v) is 2.57. The number of aliphatic carboxylic acids is 1. The molecule has 2 atom stereocenters.